The van der Waals surface area contributed by atoms with Crippen LogP contribution < -0.4 is 10.1 Å². The number of anilines is 1. The van der Waals surface area contributed by atoms with E-state index in [1.54, 1.807) is 66.5 Å². The van der Waals surface area contributed by atoms with Gasteiger partial charge in [0.05, 0.1) is 36.8 Å². The Morgan fingerprint density at radius 1 is 1.09 bits per heavy atom. The van der Waals surface area contributed by atoms with Crippen LogP contribution in [0.5, 0.6) is 5.75 Å². The van der Waals surface area contributed by atoms with Crippen LogP contribution in [0.3, 0.4) is 0 Å². The summed E-state index contributed by atoms with van der Waals surface area (Å²) >= 11 is 0. The molecule has 0 saturated carbocycles. The van der Waals surface area contributed by atoms with Crippen LogP contribution in [0.1, 0.15) is 66.3 Å². The first-order chi connectivity index (χ1) is 22.2. The number of likely N-dealkylation sites (N-methyl/N-ethyl adjacent to an activating group) is 1. The molecule has 246 valence electrons. The maximum atomic E-state index is 14.3. The Morgan fingerprint density at radius 2 is 1.83 bits per heavy atom. The van der Waals surface area contributed by atoms with Crippen molar-refractivity contribution in [2.24, 2.45) is 5.92 Å². The molecule has 0 aliphatic carbocycles. The predicted octanol–water partition coefficient (Wildman–Crippen LogP) is 4.83. The molecule has 0 fully saturated rings. The minimum Gasteiger partial charge on any atom is -0.490 e. The average Bonchev–Trinajstić information content (AvgIpc) is 3.06. The average molecular weight is 631 g/mol. The molecule has 2 N–H and O–H groups in total. The number of aromatic nitrogens is 1. The molecule has 3 aromatic rings. The van der Waals surface area contributed by atoms with Crippen LogP contribution in [-0.2, 0) is 16.0 Å². The first-order valence-corrected chi connectivity index (χ1v) is 16.0. The Kier molecular flexibility index (Phi) is 12.7. The SMILES string of the molecule is C[C@H](CO)N1C[C@H](C)[C@H](CN(C)C(=O)c2ccncc2)OCCCC[C@H](C)Oc2ccc(NC(=O)Cc3ccccc3)cc2C1=O. The molecule has 4 atom stereocenters. The molecule has 0 spiro atoms. The molecule has 1 aliphatic rings. The van der Waals surface area contributed by atoms with Crippen molar-refractivity contribution >= 4 is 23.4 Å². The van der Waals surface area contributed by atoms with E-state index in [9.17, 15) is 19.5 Å². The van der Waals surface area contributed by atoms with E-state index in [-0.39, 0.29) is 55.4 Å². The number of carbonyl (C=O) groups is 3. The van der Waals surface area contributed by atoms with Crippen LogP contribution in [-0.4, -0.2) is 89.2 Å². The van der Waals surface area contributed by atoms with Crippen LogP contribution >= 0.6 is 0 Å². The predicted molar refractivity (Wildman–Crippen MR) is 177 cm³/mol. The summed E-state index contributed by atoms with van der Waals surface area (Å²) in [6.45, 7) is 6.60. The highest BCUT2D eigenvalue weighted by molar-refractivity contribution is 6.00. The van der Waals surface area contributed by atoms with Gasteiger partial charge in [-0.2, -0.15) is 0 Å². The van der Waals surface area contributed by atoms with Gasteiger partial charge in [0, 0.05) is 56.3 Å². The van der Waals surface area contributed by atoms with E-state index >= 15 is 0 Å². The number of fused-ring (bicyclic) bond motifs is 1. The fourth-order valence-electron chi connectivity index (χ4n) is 5.52. The van der Waals surface area contributed by atoms with Gasteiger partial charge in [-0.3, -0.25) is 19.4 Å². The van der Waals surface area contributed by atoms with Crippen molar-refractivity contribution in [3.05, 3.63) is 89.7 Å². The highest BCUT2D eigenvalue weighted by atomic mass is 16.5. The number of aliphatic hydroxyl groups excluding tert-OH is 1. The number of rotatable bonds is 8. The Hall–Kier alpha value is -4.28. The van der Waals surface area contributed by atoms with Crippen molar-refractivity contribution in [3.63, 3.8) is 0 Å². The molecule has 1 aliphatic heterocycles. The van der Waals surface area contributed by atoms with E-state index in [0.29, 0.717) is 35.7 Å². The van der Waals surface area contributed by atoms with Gasteiger partial charge >= 0.3 is 0 Å². The summed E-state index contributed by atoms with van der Waals surface area (Å²) < 4.78 is 12.7. The first-order valence-electron chi connectivity index (χ1n) is 16.0. The van der Waals surface area contributed by atoms with Crippen LogP contribution in [0.4, 0.5) is 5.69 Å². The lowest BCUT2D eigenvalue weighted by Crippen LogP contribution is -2.48. The zero-order chi connectivity index (χ0) is 33.1. The molecule has 46 heavy (non-hydrogen) atoms. The zero-order valence-electron chi connectivity index (χ0n) is 27.2. The second-order valence-corrected chi connectivity index (χ2v) is 12.1. The number of nitrogens with one attached hydrogen (secondary N) is 1. The Bertz CT molecular complexity index is 1440. The number of nitrogens with zero attached hydrogens (tertiary/aromatic N) is 3. The fourth-order valence-corrected chi connectivity index (χ4v) is 5.52. The maximum absolute atomic E-state index is 14.3. The van der Waals surface area contributed by atoms with Crippen LogP contribution in [0.15, 0.2) is 73.1 Å². The Labute approximate surface area is 271 Å². The minimum atomic E-state index is -0.513. The monoisotopic (exact) mass is 630 g/mol. The molecule has 10 heteroatoms. The van der Waals surface area contributed by atoms with Gasteiger partial charge in [-0.05, 0) is 69.0 Å². The molecule has 0 saturated heterocycles. The molecule has 10 nitrogen and oxygen atoms in total. The largest absolute Gasteiger partial charge is 0.490 e. The maximum Gasteiger partial charge on any atom is 0.258 e. The number of carbonyl (C=O) groups excluding carboxylic acids is 3. The van der Waals surface area contributed by atoms with Crippen molar-refractivity contribution in [3.8, 4) is 5.75 Å². The van der Waals surface area contributed by atoms with E-state index in [4.69, 9.17) is 9.47 Å². The van der Waals surface area contributed by atoms with Gasteiger partial charge in [0.25, 0.3) is 11.8 Å². The van der Waals surface area contributed by atoms with Gasteiger partial charge in [-0.1, -0.05) is 37.3 Å². The third-order valence-corrected chi connectivity index (χ3v) is 8.27. The van der Waals surface area contributed by atoms with E-state index in [1.807, 2.05) is 44.2 Å². The van der Waals surface area contributed by atoms with Crippen LogP contribution in [0.25, 0.3) is 0 Å². The normalized spacial score (nSPS) is 20.1. The molecule has 2 heterocycles. The van der Waals surface area contributed by atoms with Crippen molar-refractivity contribution in [2.75, 3.05) is 38.7 Å². The van der Waals surface area contributed by atoms with Gasteiger partial charge in [0.1, 0.15) is 5.75 Å². The third-order valence-electron chi connectivity index (χ3n) is 8.27. The lowest BCUT2D eigenvalue weighted by atomic mass is 10.0. The number of hydrogen-bond acceptors (Lipinski definition) is 7. The molecule has 0 bridgehead atoms. The molecule has 4 rings (SSSR count). The van der Waals surface area contributed by atoms with E-state index < -0.39 is 6.04 Å². The molecule has 0 radical (unpaired) electrons. The van der Waals surface area contributed by atoms with Crippen molar-refractivity contribution in [1.82, 2.24) is 14.8 Å². The second kappa shape index (κ2) is 16.9. The minimum absolute atomic E-state index is 0.143. The summed E-state index contributed by atoms with van der Waals surface area (Å²) in [7, 11) is 1.74. The summed E-state index contributed by atoms with van der Waals surface area (Å²) in [5.41, 5.74) is 2.20. The molecule has 2 aromatic carbocycles. The number of benzene rings is 2. The third kappa shape index (κ3) is 9.61. The number of aliphatic hydroxyl groups is 1. The first kappa shape index (κ1) is 34.6. The van der Waals surface area contributed by atoms with E-state index in [2.05, 4.69) is 10.3 Å². The Morgan fingerprint density at radius 3 is 2.54 bits per heavy atom. The van der Waals surface area contributed by atoms with Gasteiger partial charge < -0.3 is 29.7 Å². The summed E-state index contributed by atoms with van der Waals surface area (Å²) in [5.74, 6) is -0.435. The molecular formula is C36H46N4O6. The summed E-state index contributed by atoms with van der Waals surface area (Å²) in [5, 5.41) is 13.1. The van der Waals surface area contributed by atoms with Crippen LogP contribution in [0, 0.1) is 5.92 Å². The molecule has 3 amide bonds. The molecular weight excluding hydrogens is 584 g/mol. The molecule has 1 aromatic heterocycles. The van der Waals surface area contributed by atoms with Gasteiger partial charge in [-0.15, -0.1) is 0 Å². The highest BCUT2D eigenvalue weighted by Gasteiger charge is 2.31. The van der Waals surface area contributed by atoms with Crippen LogP contribution in [0.2, 0.25) is 0 Å². The fraction of sp³-hybridized carbons (Fsp3) is 0.444. The highest BCUT2D eigenvalue weighted by Crippen LogP contribution is 2.28. The van der Waals surface area contributed by atoms with Crippen molar-refractivity contribution in [2.45, 2.75) is 64.7 Å². The quantitative estimate of drug-likeness (QED) is 0.366. The number of hydrogen-bond donors (Lipinski definition) is 2. The number of amides is 3. The standard InChI is InChI=1S/C36H46N4O6/c1-25-22-40(26(2)24-41)36(44)31-21-30(38-34(42)20-28-11-6-5-7-12-28)13-14-32(31)46-27(3)10-8-9-19-45-33(25)23-39(4)35(43)29-15-17-37-18-16-29/h5-7,11-18,21,25-27,33,41H,8-10,19-20,22-24H2,1-4H3,(H,38,42)/t25-,26+,27-,33-/m0/s1. The van der Waals surface area contributed by atoms with Crippen molar-refractivity contribution in [1.29, 1.82) is 0 Å². The molecule has 0 unspecified atom stereocenters. The lowest BCUT2D eigenvalue weighted by Gasteiger charge is -2.36. The van der Waals surface area contributed by atoms with E-state index in [1.165, 1.54) is 0 Å². The smallest absolute Gasteiger partial charge is 0.258 e. The number of ether oxygens (including phenoxy) is 2. The summed E-state index contributed by atoms with van der Waals surface area (Å²) in [6.07, 6.45) is 5.27. The van der Waals surface area contributed by atoms with Gasteiger partial charge in [0.2, 0.25) is 5.91 Å². The van der Waals surface area contributed by atoms with Gasteiger partial charge in [-0.25, -0.2) is 0 Å². The number of pyridine rings is 1. The Balaban J connectivity index is 1.60. The van der Waals surface area contributed by atoms with E-state index in [0.717, 1.165) is 24.8 Å². The summed E-state index contributed by atoms with van der Waals surface area (Å²) in [6, 6.07) is 17.4. The topological polar surface area (TPSA) is 121 Å². The van der Waals surface area contributed by atoms with Crippen molar-refractivity contribution < 1.29 is 29.0 Å². The second-order valence-electron chi connectivity index (χ2n) is 12.1. The lowest BCUT2D eigenvalue weighted by molar-refractivity contribution is -0.115. The zero-order valence-corrected chi connectivity index (χ0v) is 27.2. The van der Waals surface area contributed by atoms with Gasteiger partial charge in [0.15, 0.2) is 0 Å². The summed E-state index contributed by atoms with van der Waals surface area (Å²) in [4.78, 5) is 47.6.